The van der Waals surface area contributed by atoms with Gasteiger partial charge in [0.1, 0.15) is 5.65 Å². The average Bonchev–Trinajstić information content (AvgIpc) is 3.36. The lowest BCUT2D eigenvalue weighted by Crippen LogP contribution is -2.44. The summed E-state index contributed by atoms with van der Waals surface area (Å²) in [4.78, 5) is 11.6. The number of aryl methyl sites for hydroxylation is 1. The SMILES string of the molecule is CN=C(NCc1cn2c(C)cccc2n1)NCC1CCCN1Cc1ccccc1.I. The molecule has 1 aromatic carbocycles. The van der Waals surface area contributed by atoms with Crippen molar-refractivity contribution >= 4 is 35.6 Å². The lowest BCUT2D eigenvalue weighted by Gasteiger charge is -2.25. The van der Waals surface area contributed by atoms with Crippen LogP contribution >= 0.6 is 24.0 Å². The van der Waals surface area contributed by atoms with E-state index >= 15 is 0 Å². The summed E-state index contributed by atoms with van der Waals surface area (Å²) >= 11 is 0. The first-order valence-corrected chi connectivity index (χ1v) is 10.4. The maximum absolute atomic E-state index is 4.69. The maximum Gasteiger partial charge on any atom is 0.191 e. The summed E-state index contributed by atoms with van der Waals surface area (Å²) in [6.45, 7) is 5.82. The molecule has 0 radical (unpaired) electrons. The van der Waals surface area contributed by atoms with Crippen LogP contribution in [0.3, 0.4) is 0 Å². The van der Waals surface area contributed by atoms with Gasteiger partial charge in [0.2, 0.25) is 0 Å². The monoisotopic (exact) mass is 518 g/mol. The molecule has 4 rings (SSSR count). The van der Waals surface area contributed by atoms with Crippen LogP contribution < -0.4 is 10.6 Å². The molecule has 1 aliphatic rings. The minimum Gasteiger partial charge on any atom is -0.355 e. The molecule has 0 bridgehead atoms. The fourth-order valence-electron chi connectivity index (χ4n) is 4.05. The highest BCUT2D eigenvalue weighted by molar-refractivity contribution is 14.0. The van der Waals surface area contributed by atoms with Crippen LogP contribution in [0, 0.1) is 6.92 Å². The van der Waals surface area contributed by atoms with Crippen LogP contribution in [-0.4, -0.2) is 46.4 Å². The molecule has 6 nitrogen and oxygen atoms in total. The number of aliphatic imine (C=N–C) groups is 1. The van der Waals surface area contributed by atoms with Crippen molar-refractivity contribution in [2.45, 2.75) is 38.9 Å². The van der Waals surface area contributed by atoms with Gasteiger partial charge >= 0.3 is 0 Å². The first kappa shape index (κ1) is 22.6. The van der Waals surface area contributed by atoms with E-state index in [0.717, 1.165) is 36.9 Å². The van der Waals surface area contributed by atoms with Gasteiger partial charge in [0.05, 0.1) is 12.2 Å². The van der Waals surface area contributed by atoms with E-state index in [1.165, 1.54) is 24.1 Å². The van der Waals surface area contributed by atoms with Crippen molar-refractivity contribution < 1.29 is 0 Å². The van der Waals surface area contributed by atoms with Crippen LogP contribution in [0.5, 0.6) is 0 Å². The van der Waals surface area contributed by atoms with Crippen LogP contribution in [0.25, 0.3) is 5.65 Å². The molecular formula is C23H31IN6. The zero-order valence-corrected chi connectivity index (χ0v) is 20.0. The Morgan fingerprint density at radius 2 is 1.97 bits per heavy atom. The Bertz CT molecular complexity index is 968. The lowest BCUT2D eigenvalue weighted by atomic mass is 10.2. The Morgan fingerprint density at radius 1 is 1.13 bits per heavy atom. The third-order valence-electron chi connectivity index (χ3n) is 5.64. The third-order valence-corrected chi connectivity index (χ3v) is 5.64. The highest BCUT2D eigenvalue weighted by Gasteiger charge is 2.24. The van der Waals surface area contributed by atoms with Crippen molar-refractivity contribution in [2.24, 2.45) is 4.99 Å². The number of pyridine rings is 1. The minimum absolute atomic E-state index is 0. The second-order valence-electron chi connectivity index (χ2n) is 7.69. The molecule has 1 fully saturated rings. The fraction of sp³-hybridized carbons (Fsp3) is 0.391. The standard InChI is InChI=1S/C23H30N6.HI/c1-18-8-6-12-22-27-20(17-29(18)22)14-25-23(24-2)26-15-21-11-7-13-28(21)16-19-9-4-3-5-10-19;/h3-6,8-10,12,17,21H,7,11,13-16H2,1-2H3,(H2,24,25,26);1H. The molecular weight excluding hydrogens is 487 g/mol. The van der Waals surface area contributed by atoms with Gasteiger partial charge in [-0.2, -0.15) is 0 Å². The van der Waals surface area contributed by atoms with Crippen molar-refractivity contribution in [2.75, 3.05) is 20.1 Å². The van der Waals surface area contributed by atoms with Crippen LogP contribution in [0.1, 0.15) is 29.8 Å². The van der Waals surface area contributed by atoms with Gasteiger partial charge in [-0.3, -0.25) is 9.89 Å². The molecule has 1 saturated heterocycles. The van der Waals surface area contributed by atoms with E-state index in [4.69, 9.17) is 0 Å². The zero-order chi connectivity index (χ0) is 20.1. The fourth-order valence-corrected chi connectivity index (χ4v) is 4.05. The molecule has 2 N–H and O–H groups in total. The van der Waals surface area contributed by atoms with Gasteiger partial charge in [-0.15, -0.1) is 24.0 Å². The van der Waals surface area contributed by atoms with E-state index in [0.29, 0.717) is 12.6 Å². The number of benzene rings is 1. The third kappa shape index (κ3) is 5.51. The molecule has 1 aliphatic heterocycles. The van der Waals surface area contributed by atoms with Crippen molar-refractivity contribution in [1.82, 2.24) is 24.9 Å². The summed E-state index contributed by atoms with van der Waals surface area (Å²) in [6, 6.07) is 17.4. The normalized spacial score (nSPS) is 17.1. The number of nitrogens with zero attached hydrogens (tertiary/aromatic N) is 4. The second kappa shape index (κ2) is 10.8. The smallest absolute Gasteiger partial charge is 0.191 e. The minimum atomic E-state index is 0. The molecule has 3 heterocycles. The lowest BCUT2D eigenvalue weighted by molar-refractivity contribution is 0.245. The first-order chi connectivity index (χ1) is 14.2. The van der Waals surface area contributed by atoms with E-state index in [9.17, 15) is 0 Å². The Kier molecular flexibility index (Phi) is 8.09. The number of rotatable bonds is 6. The highest BCUT2D eigenvalue weighted by atomic mass is 127. The van der Waals surface area contributed by atoms with Gasteiger partial charge in [-0.1, -0.05) is 36.4 Å². The van der Waals surface area contributed by atoms with Gasteiger partial charge in [-0.25, -0.2) is 4.98 Å². The Morgan fingerprint density at radius 3 is 2.73 bits per heavy atom. The van der Waals surface area contributed by atoms with Crippen LogP contribution in [0.15, 0.2) is 59.7 Å². The molecule has 160 valence electrons. The first-order valence-electron chi connectivity index (χ1n) is 10.4. The van der Waals surface area contributed by atoms with Crippen molar-refractivity contribution in [3.05, 3.63) is 71.7 Å². The number of halogens is 1. The Labute approximate surface area is 195 Å². The Balaban J connectivity index is 0.00000256. The van der Waals surface area contributed by atoms with Gasteiger partial charge in [-0.05, 0) is 44.0 Å². The quantitative estimate of drug-likeness (QED) is 0.298. The average molecular weight is 518 g/mol. The molecule has 7 heteroatoms. The second-order valence-corrected chi connectivity index (χ2v) is 7.69. The van der Waals surface area contributed by atoms with Crippen LogP contribution in [0.2, 0.25) is 0 Å². The number of guanidine groups is 1. The van der Waals surface area contributed by atoms with E-state index in [1.807, 2.05) is 19.2 Å². The van der Waals surface area contributed by atoms with Gasteiger partial charge in [0, 0.05) is 38.1 Å². The number of hydrogen-bond acceptors (Lipinski definition) is 3. The highest BCUT2D eigenvalue weighted by Crippen LogP contribution is 2.19. The molecule has 0 saturated carbocycles. The van der Waals surface area contributed by atoms with E-state index in [1.54, 1.807) is 0 Å². The molecule has 0 aliphatic carbocycles. The van der Waals surface area contributed by atoms with E-state index in [-0.39, 0.29) is 24.0 Å². The summed E-state index contributed by atoms with van der Waals surface area (Å²) in [6.07, 6.45) is 4.57. The van der Waals surface area contributed by atoms with Crippen molar-refractivity contribution in [1.29, 1.82) is 0 Å². The van der Waals surface area contributed by atoms with Crippen molar-refractivity contribution in [3.8, 4) is 0 Å². The molecule has 0 amide bonds. The van der Waals surface area contributed by atoms with Crippen molar-refractivity contribution in [3.63, 3.8) is 0 Å². The van der Waals surface area contributed by atoms with Crippen LogP contribution in [-0.2, 0) is 13.1 Å². The molecule has 3 aromatic rings. The maximum atomic E-state index is 4.69. The number of nitrogens with one attached hydrogen (secondary N) is 2. The predicted octanol–water partition coefficient (Wildman–Crippen LogP) is 3.59. The molecule has 1 unspecified atom stereocenters. The molecule has 0 spiro atoms. The van der Waals surface area contributed by atoms with Gasteiger partial charge in [0.25, 0.3) is 0 Å². The number of fused-ring (bicyclic) bond motifs is 1. The number of imidazole rings is 1. The molecule has 1 atom stereocenters. The van der Waals surface area contributed by atoms with E-state index < -0.39 is 0 Å². The van der Waals surface area contributed by atoms with Gasteiger partial charge < -0.3 is 15.0 Å². The topological polar surface area (TPSA) is 57.0 Å². The summed E-state index contributed by atoms with van der Waals surface area (Å²) < 4.78 is 2.12. The largest absolute Gasteiger partial charge is 0.355 e. The number of likely N-dealkylation sites (tertiary alicyclic amines) is 1. The molecule has 30 heavy (non-hydrogen) atoms. The molecule has 2 aromatic heterocycles. The summed E-state index contributed by atoms with van der Waals surface area (Å²) in [5, 5.41) is 6.90. The zero-order valence-electron chi connectivity index (χ0n) is 17.7. The number of aromatic nitrogens is 2. The van der Waals surface area contributed by atoms with Crippen LogP contribution in [0.4, 0.5) is 0 Å². The summed E-state index contributed by atoms with van der Waals surface area (Å²) in [7, 11) is 1.82. The van der Waals surface area contributed by atoms with Gasteiger partial charge in [0.15, 0.2) is 5.96 Å². The predicted molar refractivity (Wildman–Crippen MR) is 133 cm³/mol. The number of hydrogen-bond donors (Lipinski definition) is 2. The Hall–Kier alpha value is -2.13. The van der Waals surface area contributed by atoms with E-state index in [2.05, 4.69) is 79.4 Å². The summed E-state index contributed by atoms with van der Waals surface area (Å²) in [5.41, 5.74) is 4.55. The summed E-state index contributed by atoms with van der Waals surface area (Å²) in [5.74, 6) is 0.824.